The lowest BCUT2D eigenvalue weighted by molar-refractivity contribution is 0.714. The Bertz CT molecular complexity index is 3510. The average molecular weight is 802 g/mol. The fourth-order valence-corrected chi connectivity index (χ4v) is 10.7. The van der Waals surface area contributed by atoms with Gasteiger partial charge in [0.05, 0.1) is 5.69 Å². The van der Waals surface area contributed by atoms with Crippen molar-refractivity contribution in [2.24, 2.45) is 0 Å². The largest absolute Gasteiger partial charge is 0.310 e. The van der Waals surface area contributed by atoms with Crippen LogP contribution in [0, 0.1) is 0 Å². The number of hydrogen-bond donors (Lipinski definition) is 0. The van der Waals surface area contributed by atoms with Crippen LogP contribution in [0.4, 0.5) is 17.1 Å². The first-order valence-corrected chi connectivity index (χ1v) is 21.9. The van der Waals surface area contributed by atoms with Crippen molar-refractivity contribution in [3.63, 3.8) is 0 Å². The molecule has 0 aromatic heterocycles. The Hall–Kier alpha value is -8.00. The predicted octanol–water partition coefficient (Wildman–Crippen LogP) is 17.0. The molecule has 1 heteroatoms. The van der Waals surface area contributed by atoms with E-state index in [-0.39, 0.29) is 0 Å². The first-order valence-electron chi connectivity index (χ1n) is 21.9. The molecule has 11 aromatic carbocycles. The lowest BCUT2D eigenvalue weighted by Gasteiger charge is -2.35. The van der Waals surface area contributed by atoms with Crippen LogP contribution < -0.4 is 4.90 Å². The molecule has 0 fully saturated rings. The third-order valence-electron chi connectivity index (χ3n) is 13.5. The van der Waals surface area contributed by atoms with Crippen LogP contribution in [0.2, 0.25) is 0 Å². The first kappa shape index (κ1) is 36.8. The molecule has 1 aliphatic rings. The van der Waals surface area contributed by atoms with Crippen molar-refractivity contribution in [1.82, 2.24) is 0 Å². The molecule has 0 spiro atoms. The molecule has 0 aliphatic heterocycles. The zero-order chi connectivity index (χ0) is 41.9. The SMILES string of the molecule is CC1(c2ccccc2)c2ccccc2-c2cccc(N(c3cccc(-c4cccc5ccccc45)c3)c3ccc4c(c3)c(-c3ccccc3)c(-c3ccccc3)c3ccccc34)c21. The van der Waals surface area contributed by atoms with E-state index in [0.29, 0.717) is 0 Å². The summed E-state index contributed by atoms with van der Waals surface area (Å²) in [6.07, 6.45) is 0. The lowest BCUT2D eigenvalue weighted by Crippen LogP contribution is -2.25. The van der Waals surface area contributed by atoms with Crippen LogP contribution in [-0.2, 0) is 5.41 Å². The minimum Gasteiger partial charge on any atom is -0.310 e. The monoisotopic (exact) mass is 801 g/mol. The number of anilines is 3. The molecule has 0 radical (unpaired) electrons. The Morgan fingerprint density at radius 3 is 1.63 bits per heavy atom. The quantitative estimate of drug-likeness (QED) is 0.145. The Balaban J connectivity index is 1.19. The average Bonchev–Trinajstić information content (AvgIpc) is 3.63. The fraction of sp³-hybridized carbons (Fsp3) is 0.0323. The normalized spacial score (nSPS) is 14.2. The first-order chi connectivity index (χ1) is 31.2. The summed E-state index contributed by atoms with van der Waals surface area (Å²) in [6, 6.07) is 89.5. The van der Waals surface area contributed by atoms with Crippen molar-refractivity contribution in [3.8, 4) is 44.5 Å². The predicted molar refractivity (Wildman–Crippen MR) is 267 cm³/mol. The zero-order valence-corrected chi connectivity index (χ0v) is 35.0. The second-order valence-corrected chi connectivity index (χ2v) is 16.9. The van der Waals surface area contributed by atoms with Gasteiger partial charge in [-0.25, -0.2) is 0 Å². The van der Waals surface area contributed by atoms with Gasteiger partial charge in [0.15, 0.2) is 0 Å². The molecule has 1 aliphatic carbocycles. The van der Waals surface area contributed by atoms with Crippen LogP contribution in [0.3, 0.4) is 0 Å². The van der Waals surface area contributed by atoms with E-state index in [4.69, 9.17) is 0 Å². The lowest BCUT2D eigenvalue weighted by atomic mass is 9.73. The van der Waals surface area contributed by atoms with E-state index in [1.165, 1.54) is 93.5 Å². The molecule has 0 bridgehead atoms. The standard InChI is InChI=1S/C62H43N/c1-62(46-27-9-4-10-28-46)57-36-16-15-32-53(57)55-35-19-37-58(61(55)62)63(47-29-17-26-45(40-47)50-34-18-25-42-20-11-12-30-49(42)50)48-38-39-52-51-31-13-14-33-54(51)59(43-21-5-2-6-22-43)60(56(52)41-48)44-23-7-3-8-24-44/h2-41H,1H3. The van der Waals surface area contributed by atoms with Gasteiger partial charge in [-0.1, -0.05) is 212 Å². The molecular weight excluding hydrogens is 759 g/mol. The summed E-state index contributed by atoms with van der Waals surface area (Å²) in [7, 11) is 0. The molecule has 12 rings (SSSR count). The summed E-state index contributed by atoms with van der Waals surface area (Å²) in [4.78, 5) is 2.53. The van der Waals surface area contributed by atoms with Gasteiger partial charge < -0.3 is 4.90 Å². The number of rotatable bonds is 7. The van der Waals surface area contributed by atoms with E-state index in [1.807, 2.05) is 0 Å². The summed E-state index contributed by atoms with van der Waals surface area (Å²) in [5.41, 5.74) is 16.7. The summed E-state index contributed by atoms with van der Waals surface area (Å²) >= 11 is 0. The molecule has 0 saturated carbocycles. The van der Waals surface area contributed by atoms with Crippen LogP contribution >= 0.6 is 0 Å². The zero-order valence-electron chi connectivity index (χ0n) is 35.0. The highest BCUT2D eigenvalue weighted by atomic mass is 15.1. The van der Waals surface area contributed by atoms with E-state index < -0.39 is 5.41 Å². The molecule has 1 atom stereocenters. The minimum absolute atomic E-state index is 0.419. The summed E-state index contributed by atoms with van der Waals surface area (Å²) in [5, 5.41) is 7.42. The van der Waals surface area contributed by atoms with Gasteiger partial charge in [-0.15, -0.1) is 0 Å². The number of benzene rings is 11. The van der Waals surface area contributed by atoms with Gasteiger partial charge in [0.2, 0.25) is 0 Å². The molecule has 63 heavy (non-hydrogen) atoms. The third kappa shape index (κ3) is 5.85. The van der Waals surface area contributed by atoms with Crippen LogP contribution in [0.25, 0.3) is 76.8 Å². The Kier molecular flexibility index (Phi) is 8.69. The Morgan fingerprint density at radius 2 is 0.857 bits per heavy atom. The van der Waals surface area contributed by atoms with Gasteiger partial charge in [-0.3, -0.25) is 0 Å². The smallest absolute Gasteiger partial charge is 0.0512 e. The van der Waals surface area contributed by atoms with Crippen LogP contribution in [0.1, 0.15) is 23.6 Å². The molecule has 0 saturated heterocycles. The van der Waals surface area contributed by atoms with Crippen molar-refractivity contribution in [2.75, 3.05) is 4.90 Å². The molecule has 0 amide bonds. The van der Waals surface area contributed by atoms with E-state index in [0.717, 1.165) is 17.1 Å². The van der Waals surface area contributed by atoms with Gasteiger partial charge in [-0.05, 0) is 131 Å². The summed E-state index contributed by atoms with van der Waals surface area (Å²) in [5.74, 6) is 0. The van der Waals surface area contributed by atoms with E-state index in [2.05, 4.69) is 254 Å². The fourth-order valence-electron chi connectivity index (χ4n) is 10.7. The minimum atomic E-state index is -0.419. The molecular formula is C62H43N. The molecule has 1 unspecified atom stereocenters. The van der Waals surface area contributed by atoms with Crippen molar-refractivity contribution < 1.29 is 0 Å². The van der Waals surface area contributed by atoms with Crippen molar-refractivity contribution >= 4 is 49.4 Å². The highest BCUT2D eigenvalue weighted by Crippen LogP contribution is 2.57. The molecule has 1 nitrogen and oxygen atoms in total. The van der Waals surface area contributed by atoms with Gasteiger partial charge in [0.1, 0.15) is 0 Å². The molecule has 11 aromatic rings. The second kappa shape index (κ2) is 14.9. The second-order valence-electron chi connectivity index (χ2n) is 16.9. The van der Waals surface area contributed by atoms with Crippen molar-refractivity contribution in [2.45, 2.75) is 12.3 Å². The number of hydrogen-bond acceptors (Lipinski definition) is 1. The van der Waals surface area contributed by atoms with Gasteiger partial charge in [-0.2, -0.15) is 0 Å². The maximum Gasteiger partial charge on any atom is 0.0512 e. The van der Waals surface area contributed by atoms with Gasteiger partial charge in [0, 0.05) is 16.8 Å². The maximum atomic E-state index is 2.53. The van der Waals surface area contributed by atoms with Gasteiger partial charge in [0.25, 0.3) is 0 Å². The number of fused-ring (bicyclic) bond motifs is 7. The summed E-state index contributed by atoms with van der Waals surface area (Å²) < 4.78 is 0. The van der Waals surface area contributed by atoms with Crippen LogP contribution in [-0.4, -0.2) is 0 Å². The van der Waals surface area contributed by atoms with Crippen molar-refractivity contribution in [3.05, 3.63) is 259 Å². The molecule has 296 valence electrons. The molecule has 0 heterocycles. The van der Waals surface area contributed by atoms with Crippen molar-refractivity contribution in [1.29, 1.82) is 0 Å². The summed E-state index contributed by atoms with van der Waals surface area (Å²) in [6.45, 7) is 2.42. The highest BCUT2D eigenvalue weighted by Gasteiger charge is 2.43. The molecule has 0 N–H and O–H groups in total. The van der Waals surface area contributed by atoms with Gasteiger partial charge >= 0.3 is 0 Å². The van der Waals surface area contributed by atoms with E-state index in [1.54, 1.807) is 0 Å². The topological polar surface area (TPSA) is 3.24 Å². The highest BCUT2D eigenvalue weighted by molar-refractivity contribution is 6.22. The maximum absolute atomic E-state index is 2.53. The Labute approximate surface area is 368 Å². The third-order valence-corrected chi connectivity index (χ3v) is 13.5. The van der Waals surface area contributed by atoms with E-state index >= 15 is 0 Å². The van der Waals surface area contributed by atoms with Crippen LogP contribution in [0.5, 0.6) is 0 Å². The Morgan fingerprint density at radius 1 is 0.333 bits per heavy atom. The number of nitrogens with zero attached hydrogens (tertiary/aromatic N) is 1. The van der Waals surface area contributed by atoms with E-state index in [9.17, 15) is 0 Å². The van der Waals surface area contributed by atoms with Crippen LogP contribution in [0.15, 0.2) is 243 Å².